The van der Waals surface area contributed by atoms with Crippen molar-refractivity contribution in [2.45, 2.75) is 45.3 Å². The molecule has 1 saturated heterocycles. The first-order valence-electron chi connectivity index (χ1n) is 7.63. The molecule has 1 heterocycles. The Morgan fingerprint density at radius 3 is 2.55 bits per heavy atom. The number of carbonyl (C=O) groups is 1. The average molecular weight is 335 g/mol. The van der Waals surface area contributed by atoms with Crippen LogP contribution in [0.2, 0.25) is 0 Å². The van der Waals surface area contributed by atoms with Crippen molar-refractivity contribution in [2.75, 3.05) is 39.5 Å². The van der Waals surface area contributed by atoms with Crippen molar-refractivity contribution in [3.8, 4) is 0 Å². The number of carbonyl (C=O) groups excluding carboxylic acids is 1. The smallest absolute Gasteiger partial charge is 0.410 e. The van der Waals surface area contributed by atoms with Crippen molar-refractivity contribution in [1.29, 1.82) is 0 Å². The van der Waals surface area contributed by atoms with Gasteiger partial charge in [-0.1, -0.05) is 0 Å². The van der Waals surface area contributed by atoms with Gasteiger partial charge in [-0.3, -0.25) is 0 Å². The lowest BCUT2D eigenvalue weighted by atomic mass is 10.1. The summed E-state index contributed by atoms with van der Waals surface area (Å²) in [4.78, 5) is 13.7. The van der Waals surface area contributed by atoms with Gasteiger partial charge in [-0.15, -0.1) is 0 Å². The second-order valence-electron chi connectivity index (χ2n) is 6.82. The first-order valence-corrected chi connectivity index (χ1v) is 9.24. The summed E-state index contributed by atoms with van der Waals surface area (Å²) in [5.74, 6) is 0.0585. The summed E-state index contributed by atoms with van der Waals surface area (Å²) in [7, 11) is -0.131. The molecule has 130 valence electrons. The number of nitrogens with zero attached hydrogens (tertiary/aromatic N) is 2. The molecular formula is C14H29N3O4S. The SMILES string of the molecule is CN(C)S(=O)(=O)CCNC1CCCN(C(=O)OC(C)(C)C)C1. The van der Waals surface area contributed by atoms with Gasteiger partial charge in [0.1, 0.15) is 5.60 Å². The number of likely N-dealkylation sites (tertiary alicyclic amines) is 1. The zero-order valence-electron chi connectivity index (χ0n) is 14.3. The van der Waals surface area contributed by atoms with E-state index in [1.54, 1.807) is 4.90 Å². The van der Waals surface area contributed by atoms with Crippen LogP contribution in [-0.4, -0.2) is 74.8 Å². The summed E-state index contributed by atoms with van der Waals surface area (Å²) >= 11 is 0. The monoisotopic (exact) mass is 335 g/mol. The summed E-state index contributed by atoms with van der Waals surface area (Å²) < 4.78 is 30.0. The minimum absolute atomic E-state index is 0.0585. The molecule has 8 heteroatoms. The Balaban J connectivity index is 2.42. The normalized spacial score (nSPS) is 20.3. The van der Waals surface area contributed by atoms with Gasteiger partial charge < -0.3 is 15.0 Å². The number of hydrogen-bond donors (Lipinski definition) is 1. The van der Waals surface area contributed by atoms with Crippen molar-refractivity contribution in [3.05, 3.63) is 0 Å². The molecule has 1 rings (SSSR count). The van der Waals surface area contributed by atoms with E-state index in [4.69, 9.17) is 4.74 Å². The molecule has 0 aromatic rings. The molecule has 0 saturated carbocycles. The summed E-state index contributed by atoms with van der Waals surface area (Å²) in [5, 5.41) is 3.22. The molecule has 0 aliphatic carbocycles. The molecule has 1 fully saturated rings. The number of piperidine rings is 1. The second kappa shape index (κ2) is 7.61. The van der Waals surface area contributed by atoms with Gasteiger partial charge in [0.2, 0.25) is 10.0 Å². The van der Waals surface area contributed by atoms with Crippen LogP contribution in [0.1, 0.15) is 33.6 Å². The number of ether oxygens (including phenoxy) is 1. The van der Waals surface area contributed by atoms with E-state index < -0.39 is 15.6 Å². The fourth-order valence-electron chi connectivity index (χ4n) is 2.21. The van der Waals surface area contributed by atoms with Gasteiger partial charge in [-0.25, -0.2) is 17.5 Å². The van der Waals surface area contributed by atoms with Crippen LogP contribution in [0.25, 0.3) is 0 Å². The van der Waals surface area contributed by atoms with Gasteiger partial charge in [-0.05, 0) is 33.6 Å². The van der Waals surface area contributed by atoms with Gasteiger partial charge in [0.15, 0.2) is 0 Å². The zero-order valence-corrected chi connectivity index (χ0v) is 15.1. The minimum atomic E-state index is -3.19. The molecule has 1 atom stereocenters. The fraction of sp³-hybridized carbons (Fsp3) is 0.929. The molecule has 1 aliphatic heterocycles. The predicted molar refractivity (Wildman–Crippen MR) is 86.3 cm³/mol. The maximum Gasteiger partial charge on any atom is 0.410 e. The number of sulfonamides is 1. The number of nitrogens with one attached hydrogen (secondary N) is 1. The highest BCUT2D eigenvalue weighted by molar-refractivity contribution is 7.89. The van der Waals surface area contributed by atoms with Gasteiger partial charge >= 0.3 is 6.09 Å². The zero-order chi connectivity index (χ0) is 17.0. The number of amides is 1. The van der Waals surface area contributed by atoms with Gasteiger partial charge in [-0.2, -0.15) is 0 Å². The Kier molecular flexibility index (Phi) is 6.64. The molecule has 0 aromatic carbocycles. The molecule has 0 radical (unpaired) electrons. The van der Waals surface area contributed by atoms with E-state index in [-0.39, 0.29) is 17.9 Å². The van der Waals surface area contributed by atoms with E-state index in [1.807, 2.05) is 20.8 Å². The maximum absolute atomic E-state index is 12.1. The summed E-state index contributed by atoms with van der Waals surface area (Å²) in [6.45, 7) is 7.15. The van der Waals surface area contributed by atoms with Crippen LogP contribution in [-0.2, 0) is 14.8 Å². The lowest BCUT2D eigenvalue weighted by Gasteiger charge is -2.34. The largest absolute Gasteiger partial charge is 0.444 e. The molecular weight excluding hydrogens is 306 g/mol. The Bertz CT molecular complexity index is 471. The predicted octanol–water partition coefficient (Wildman–Crippen LogP) is 0.867. The standard InChI is InChI=1S/C14H29N3O4S/c1-14(2,3)21-13(18)17-9-6-7-12(11-17)15-8-10-22(19,20)16(4)5/h12,15H,6-11H2,1-5H3. The Hall–Kier alpha value is -0.860. The second-order valence-corrected chi connectivity index (χ2v) is 9.12. The molecule has 7 nitrogen and oxygen atoms in total. The van der Waals surface area contributed by atoms with Crippen LogP contribution in [0.5, 0.6) is 0 Å². The van der Waals surface area contributed by atoms with E-state index in [2.05, 4.69) is 5.32 Å². The first kappa shape index (κ1) is 19.2. The molecule has 1 unspecified atom stereocenters. The van der Waals surface area contributed by atoms with Crippen LogP contribution >= 0.6 is 0 Å². The number of rotatable bonds is 5. The van der Waals surface area contributed by atoms with Gasteiger partial charge in [0.05, 0.1) is 5.75 Å². The van der Waals surface area contributed by atoms with Crippen molar-refractivity contribution in [1.82, 2.24) is 14.5 Å². The fourth-order valence-corrected chi connectivity index (χ4v) is 2.95. The van der Waals surface area contributed by atoms with E-state index in [0.29, 0.717) is 19.6 Å². The van der Waals surface area contributed by atoms with Crippen molar-refractivity contribution >= 4 is 16.1 Å². The highest BCUT2D eigenvalue weighted by Gasteiger charge is 2.27. The molecule has 0 bridgehead atoms. The Morgan fingerprint density at radius 2 is 2.00 bits per heavy atom. The quantitative estimate of drug-likeness (QED) is 0.806. The number of hydrogen-bond acceptors (Lipinski definition) is 5. The van der Waals surface area contributed by atoms with Crippen molar-refractivity contribution in [2.24, 2.45) is 0 Å². The third kappa shape index (κ3) is 6.50. The molecule has 1 amide bonds. The highest BCUT2D eigenvalue weighted by atomic mass is 32.2. The lowest BCUT2D eigenvalue weighted by molar-refractivity contribution is 0.0188. The third-order valence-corrected chi connectivity index (χ3v) is 5.26. The first-order chi connectivity index (χ1) is 10.0. The van der Waals surface area contributed by atoms with Crippen molar-refractivity contribution in [3.63, 3.8) is 0 Å². The van der Waals surface area contributed by atoms with Crippen LogP contribution < -0.4 is 5.32 Å². The molecule has 1 aliphatic rings. The Morgan fingerprint density at radius 1 is 1.36 bits per heavy atom. The summed E-state index contributed by atoms with van der Waals surface area (Å²) in [6, 6.07) is 0.110. The minimum Gasteiger partial charge on any atom is -0.444 e. The third-order valence-electron chi connectivity index (χ3n) is 3.42. The van der Waals surface area contributed by atoms with Gasteiger partial charge in [0, 0.05) is 39.8 Å². The van der Waals surface area contributed by atoms with Crippen LogP contribution in [0.15, 0.2) is 0 Å². The highest BCUT2D eigenvalue weighted by Crippen LogP contribution is 2.15. The molecule has 0 aromatic heterocycles. The molecule has 1 N–H and O–H groups in total. The average Bonchev–Trinajstić information content (AvgIpc) is 2.36. The maximum atomic E-state index is 12.1. The molecule has 0 spiro atoms. The van der Waals surface area contributed by atoms with Gasteiger partial charge in [0.25, 0.3) is 0 Å². The van der Waals surface area contributed by atoms with Crippen LogP contribution in [0.4, 0.5) is 4.79 Å². The Labute approximate surface area is 134 Å². The van der Waals surface area contributed by atoms with E-state index in [1.165, 1.54) is 18.4 Å². The van der Waals surface area contributed by atoms with E-state index >= 15 is 0 Å². The van der Waals surface area contributed by atoms with E-state index in [9.17, 15) is 13.2 Å². The van der Waals surface area contributed by atoms with Crippen molar-refractivity contribution < 1.29 is 17.9 Å². The topological polar surface area (TPSA) is 79.0 Å². The lowest BCUT2D eigenvalue weighted by Crippen LogP contribution is -2.50. The summed E-state index contributed by atoms with van der Waals surface area (Å²) in [6.07, 6.45) is 1.51. The van der Waals surface area contributed by atoms with Crippen LogP contribution in [0, 0.1) is 0 Å². The van der Waals surface area contributed by atoms with Crippen LogP contribution in [0.3, 0.4) is 0 Å². The molecule has 22 heavy (non-hydrogen) atoms. The summed E-state index contributed by atoms with van der Waals surface area (Å²) in [5.41, 5.74) is -0.503. The van der Waals surface area contributed by atoms with E-state index in [0.717, 1.165) is 12.8 Å².